The summed E-state index contributed by atoms with van der Waals surface area (Å²) in [4.78, 5) is 15.3. The molecule has 1 amide bonds. The van der Waals surface area contributed by atoms with Crippen LogP contribution in [-0.4, -0.2) is 32.2 Å². The normalized spacial score (nSPS) is 16.6. The molecule has 0 bridgehead atoms. The smallest absolute Gasteiger partial charge is 0.261 e. The first-order valence-corrected chi connectivity index (χ1v) is 11.0. The maximum Gasteiger partial charge on any atom is 0.261 e. The maximum atomic E-state index is 12.8. The molecule has 30 heavy (non-hydrogen) atoms. The van der Waals surface area contributed by atoms with Crippen LogP contribution in [0.3, 0.4) is 0 Å². The van der Waals surface area contributed by atoms with Gasteiger partial charge in [-0.15, -0.1) is 0 Å². The molecule has 1 saturated heterocycles. The summed E-state index contributed by atoms with van der Waals surface area (Å²) in [5.41, 5.74) is 2.35. The average Bonchev–Trinajstić information content (AvgIpc) is 2.78. The Morgan fingerprint density at radius 3 is 2.33 bits per heavy atom. The maximum absolute atomic E-state index is 12.8. The summed E-state index contributed by atoms with van der Waals surface area (Å²) in [6, 6.07) is 15.8. The molecular weight excluding hydrogens is 376 g/mol. The van der Waals surface area contributed by atoms with E-state index in [2.05, 4.69) is 41.4 Å². The molecule has 162 valence electrons. The number of nitrogens with one attached hydrogen (secondary N) is 1. The van der Waals surface area contributed by atoms with E-state index in [9.17, 15) is 4.79 Å². The summed E-state index contributed by atoms with van der Waals surface area (Å²) in [7, 11) is 1.60. The highest BCUT2D eigenvalue weighted by atomic mass is 16.5. The van der Waals surface area contributed by atoms with Crippen molar-refractivity contribution in [1.29, 1.82) is 0 Å². The molecule has 0 unspecified atom stereocenters. The molecule has 5 nitrogen and oxygen atoms in total. The molecule has 2 aromatic rings. The second-order valence-corrected chi connectivity index (χ2v) is 8.16. The highest BCUT2D eigenvalue weighted by molar-refractivity contribution is 5.81. The summed E-state index contributed by atoms with van der Waals surface area (Å²) in [5, 5.41) is 3.09. The second-order valence-electron chi connectivity index (χ2n) is 8.16. The van der Waals surface area contributed by atoms with Crippen LogP contribution in [0.15, 0.2) is 48.5 Å². The van der Waals surface area contributed by atoms with Crippen molar-refractivity contribution in [3.05, 3.63) is 54.1 Å². The summed E-state index contributed by atoms with van der Waals surface area (Å²) in [6.45, 7) is 8.51. The SMILES string of the molecule is CC[C@H](Oc1ccccc1OC)C(=O)N[C@@H](C)c1ccc(N2CCC(C)CC2)cc1. The zero-order valence-corrected chi connectivity index (χ0v) is 18.6. The molecule has 2 aromatic carbocycles. The first-order valence-electron chi connectivity index (χ1n) is 11.0. The van der Waals surface area contributed by atoms with Gasteiger partial charge in [-0.1, -0.05) is 38.1 Å². The molecular formula is C25H34N2O3. The number of para-hydroxylation sites is 2. The number of ether oxygens (including phenoxy) is 2. The minimum absolute atomic E-state index is 0.0942. The predicted octanol–water partition coefficient (Wildman–Crippen LogP) is 4.97. The molecule has 2 atom stereocenters. The summed E-state index contributed by atoms with van der Waals surface area (Å²) >= 11 is 0. The zero-order valence-electron chi connectivity index (χ0n) is 18.6. The predicted molar refractivity (Wildman–Crippen MR) is 121 cm³/mol. The number of carbonyl (C=O) groups is 1. The molecule has 1 aliphatic heterocycles. The van der Waals surface area contributed by atoms with Crippen molar-refractivity contribution < 1.29 is 14.3 Å². The lowest BCUT2D eigenvalue weighted by molar-refractivity contribution is -0.128. The number of benzene rings is 2. The van der Waals surface area contributed by atoms with Gasteiger partial charge in [-0.05, 0) is 61.9 Å². The number of amides is 1. The van der Waals surface area contributed by atoms with Crippen LogP contribution in [0, 0.1) is 5.92 Å². The van der Waals surface area contributed by atoms with Crippen molar-refractivity contribution in [3.63, 3.8) is 0 Å². The molecule has 0 radical (unpaired) electrons. The second kappa shape index (κ2) is 10.4. The molecule has 1 aliphatic rings. The van der Waals surface area contributed by atoms with E-state index < -0.39 is 6.10 Å². The van der Waals surface area contributed by atoms with Crippen molar-refractivity contribution in [2.24, 2.45) is 5.92 Å². The Bertz CT molecular complexity index is 813. The van der Waals surface area contributed by atoms with Crippen molar-refractivity contribution in [2.75, 3.05) is 25.1 Å². The number of rotatable bonds is 8. The Morgan fingerprint density at radius 1 is 1.10 bits per heavy atom. The van der Waals surface area contributed by atoms with Crippen molar-refractivity contribution in [1.82, 2.24) is 5.32 Å². The Balaban J connectivity index is 1.59. The number of carbonyl (C=O) groups excluding carboxylic acids is 1. The van der Waals surface area contributed by atoms with Gasteiger partial charge in [0.1, 0.15) is 0 Å². The van der Waals surface area contributed by atoms with E-state index in [-0.39, 0.29) is 11.9 Å². The van der Waals surface area contributed by atoms with Crippen molar-refractivity contribution >= 4 is 11.6 Å². The molecule has 5 heteroatoms. The van der Waals surface area contributed by atoms with Gasteiger partial charge >= 0.3 is 0 Å². The van der Waals surface area contributed by atoms with Gasteiger partial charge in [-0.25, -0.2) is 0 Å². The van der Waals surface area contributed by atoms with Crippen LogP contribution in [0.1, 0.15) is 51.6 Å². The monoisotopic (exact) mass is 410 g/mol. The number of hydrogen-bond donors (Lipinski definition) is 1. The van der Waals surface area contributed by atoms with E-state index >= 15 is 0 Å². The lowest BCUT2D eigenvalue weighted by Crippen LogP contribution is -2.39. The molecule has 0 spiro atoms. The van der Waals surface area contributed by atoms with Crippen molar-refractivity contribution in [3.8, 4) is 11.5 Å². The van der Waals surface area contributed by atoms with Gasteiger partial charge in [-0.3, -0.25) is 4.79 Å². The van der Waals surface area contributed by atoms with E-state index in [4.69, 9.17) is 9.47 Å². The van der Waals surface area contributed by atoms with Gasteiger partial charge in [0, 0.05) is 18.8 Å². The number of nitrogens with zero attached hydrogens (tertiary/aromatic N) is 1. The van der Waals surface area contributed by atoms with E-state index in [0.717, 1.165) is 24.6 Å². The van der Waals surface area contributed by atoms with E-state index in [1.165, 1.54) is 18.5 Å². The fraction of sp³-hybridized carbons (Fsp3) is 0.480. The first-order chi connectivity index (χ1) is 14.5. The largest absolute Gasteiger partial charge is 0.493 e. The van der Waals surface area contributed by atoms with E-state index in [1.807, 2.05) is 38.1 Å². The Labute approximate surface area is 180 Å². The number of methoxy groups -OCH3 is 1. The minimum Gasteiger partial charge on any atom is -0.493 e. The molecule has 1 heterocycles. The van der Waals surface area contributed by atoms with E-state index in [1.54, 1.807) is 7.11 Å². The summed E-state index contributed by atoms with van der Waals surface area (Å²) < 4.78 is 11.3. The molecule has 3 rings (SSSR count). The third kappa shape index (κ3) is 5.47. The van der Waals surface area contributed by atoms with Crippen molar-refractivity contribution in [2.45, 2.75) is 52.2 Å². The molecule has 0 aromatic heterocycles. The Hall–Kier alpha value is -2.69. The molecule has 1 fully saturated rings. The van der Waals surface area contributed by atoms with Crippen LogP contribution in [0.25, 0.3) is 0 Å². The number of anilines is 1. The number of piperidine rings is 1. The first kappa shape index (κ1) is 22.0. The van der Waals surface area contributed by atoms with Gasteiger partial charge < -0.3 is 19.7 Å². The zero-order chi connectivity index (χ0) is 21.5. The van der Waals surface area contributed by atoms with Crippen LogP contribution < -0.4 is 19.7 Å². The van der Waals surface area contributed by atoms with Crippen LogP contribution in [0.5, 0.6) is 11.5 Å². The molecule has 1 N–H and O–H groups in total. The van der Waals surface area contributed by atoms with E-state index in [0.29, 0.717) is 17.9 Å². The Morgan fingerprint density at radius 2 is 1.73 bits per heavy atom. The third-order valence-corrected chi connectivity index (χ3v) is 5.90. The van der Waals surface area contributed by atoms with Gasteiger partial charge in [0.05, 0.1) is 13.2 Å². The van der Waals surface area contributed by atoms with Crippen LogP contribution in [0.2, 0.25) is 0 Å². The highest BCUT2D eigenvalue weighted by Gasteiger charge is 2.22. The lowest BCUT2D eigenvalue weighted by Gasteiger charge is -2.32. The molecule has 0 aliphatic carbocycles. The third-order valence-electron chi connectivity index (χ3n) is 5.90. The summed E-state index contributed by atoms with van der Waals surface area (Å²) in [6.07, 6.45) is 2.50. The van der Waals surface area contributed by atoms with Gasteiger partial charge in [0.25, 0.3) is 5.91 Å². The van der Waals surface area contributed by atoms with Gasteiger partial charge in [0.2, 0.25) is 0 Å². The van der Waals surface area contributed by atoms with Gasteiger partial charge in [-0.2, -0.15) is 0 Å². The van der Waals surface area contributed by atoms with Crippen LogP contribution >= 0.6 is 0 Å². The lowest BCUT2D eigenvalue weighted by atomic mass is 9.98. The minimum atomic E-state index is -0.571. The fourth-order valence-corrected chi connectivity index (χ4v) is 3.82. The van der Waals surface area contributed by atoms with Crippen LogP contribution in [-0.2, 0) is 4.79 Å². The standard InChI is InChI=1S/C25H34N2O3/c1-5-22(30-24-9-7-6-8-23(24)29-4)25(28)26-19(3)20-10-12-21(13-11-20)27-16-14-18(2)15-17-27/h6-13,18-19,22H,5,14-17H2,1-4H3,(H,26,28)/t19-,22-/m0/s1. The van der Waals surface area contributed by atoms with Crippen LogP contribution in [0.4, 0.5) is 5.69 Å². The topological polar surface area (TPSA) is 50.8 Å². The Kier molecular flexibility index (Phi) is 7.61. The summed E-state index contributed by atoms with van der Waals surface area (Å²) in [5.74, 6) is 1.90. The molecule has 0 saturated carbocycles. The highest BCUT2D eigenvalue weighted by Crippen LogP contribution is 2.28. The average molecular weight is 411 g/mol. The fourth-order valence-electron chi connectivity index (χ4n) is 3.82. The quantitative estimate of drug-likeness (QED) is 0.668. The van der Waals surface area contributed by atoms with Gasteiger partial charge in [0.15, 0.2) is 17.6 Å². The number of hydrogen-bond acceptors (Lipinski definition) is 4.